The number of carbonyl (C=O) groups excluding carboxylic acids is 1. The summed E-state index contributed by atoms with van der Waals surface area (Å²) in [4.78, 5) is 15.8. The monoisotopic (exact) mass is 246 g/mol. The van der Waals surface area contributed by atoms with Gasteiger partial charge >= 0.3 is 0 Å². The van der Waals surface area contributed by atoms with Gasteiger partial charge in [0.15, 0.2) is 0 Å². The van der Waals surface area contributed by atoms with Gasteiger partial charge in [0.25, 0.3) is 5.91 Å². The van der Waals surface area contributed by atoms with E-state index in [1.807, 2.05) is 18.2 Å². The summed E-state index contributed by atoms with van der Waals surface area (Å²) in [6, 6.07) is 11.9. The van der Waals surface area contributed by atoms with Crippen molar-refractivity contribution in [2.45, 2.75) is 6.54 Å². The first-order valence-corrected chi connectivity index (χ1v) is 5.23. The van der Waals surface area contributed by atoms with Gasteiger partial charge in [0.1, 0.15) is 5.75 Å². The predicted molar refractivity (Wildman–Crippen MR) is 67.1 cm³/mol. The van der Waals surface area contributed by atoms with E-state index < -0.39 is 0 Å². The molecule has 0 aliphatic heterocycles. The molecule has 0 spiro atoms. The van der Waals surface area contributed by atoms with Crippen molar-refractivity contribution in [1.29, 1.82) is 0 Å². The molecule has 0 bridgehead atoms. The number of amides is 1. The number of benzene rings is 1. The highest BCUT2D eigenvalue weighted by Crippen LogP contribution is 2.15. The first kappa shape index (κ1) is 13.7. The standard InChI is InChI=1S/C13H12N2O2.H2O/c16-12-7-2-1-6-11(12)13(17)15-9-10-5-3-4-8-14-10;/h1-8,16H,9H2,(H,15,17);1H2. The van der Waals surface area contributed by atoms with Gasteiger partial charge in [0.05, 0.1) is 17.8 Å². The molecule has 1 heterocycles. The van der Waals surface area contributed by atoms with E-state index in [1.54, 1.807) is 24.4 Å². The van der Waals surface area contributed by atoms with Gasteiger partial charge in [-0.2, -0.15) is 0 Å². The third-order valence-electron chi connectivity index (χ3n) is 2.30. The highest BCUT2D eigenvalue weighted by molar-refractivity contribution is 5.96. The van der Waals surface area contributed by atoms with Crippen LogP contribution in [0.4, 0.5) is 0 Å². The van der Waals surface area contributed by atoms with Crippen molar-refractivity contribution in [1.82, 2.24) is 10.3 Å². The highest BCUT2D eigenvalue weighted by Gasteiger charge is 2.09. The van der Waals surface area contributed by atoms with Crippen molar-refractivity contribution in [2.24, 2.45) is 0 Å². The number of carbonyl (C=O) groups is 1. The highest BCUT2D eigenvalue weighted by atomic mass is 16.3. The second-order valence-electron chi connectivity index (χ2n) is 3.52. The zero-order valence-corrected chi connectivity index (χ0v) is 9.63. The van der Waals surface area contributed by atoms with Crippen LogP contribution in [0.3, 0.4) is 0 Å². The Kier molecular flexibility index (Phi) is 4.83. The number of rotatable bonds is 3. The average Bonchev–Trinajstić information content (AvgIpc) is 2.38. The molecule has 94 valence electrons. The fraction of sp³-hybridized carbons (Fsp3) is 0.0769. The Bertz CT molecular complexity index is 515. The van der Waals surface area contributed by atoms with Gasteiger partial charge in [-0.25, -0.2) is 0 Å². The molecule has 0 atom stereocenters. The van der Waals surface area contributed by atoms with Crippen molar-refractivity contribution >= 4 is 5.91 Å². The first-order valence-electron chi connectivity index (χ1n) is 5.23. The quantitative estimate of drug-likeness (QED) is 0.842. The lowest BCUT2D eigenvalue weighted by Gasteiger charge is -2.05. The number of phenols is 1. The Labute approximate surface area is 104 Å². The maximum absolute atomic E-state index is 11.7. The zero-order chi connectivity index (χ0) is 12.1. The molecule has 0 fully saturated rings. The summed E-state index contributed by atoms with van der Waals surface area (Å²) in [5.41, 5.74) is 1.04. The minimum absolute atomic E-state index is 0. The number of aromatic hydroxyl groups is 1. The molecule has 0 radical (unpaired) electrons. The summed E-state index contributed by atoms with van der Waals surface area (Å²) < 4.78 is 0. The van der Waals surface area contributed by atoms with E-state index in [1.165, 1.54) is 6.07 Å². The normalized spacial score (nSPS) is 9.33. The largest absolute Gasteiger partial charge is 0.507 e. The summed E-state index contributed by atoms with van der Waals surface area (Å²) in [5, 5.41) is 12.2. The second-order valence-corrected chi connectivity index (χ2v) is 3.52. The first-order chi connectivity index (χ1) is 8.27. The molecular formula is C13H14N2O3. The van der Waals surface area contributed by atoms with E-state index in [4.69, 9.17) is 0 Å². The molecule has 0 aliphatic carbocycles. The van der Waals surface area contributed by atoms with Crippen LogP contribution in [0.15, 0.2) is 48.7 Å². The minimum atomic E-state index is -0.311. The Hall–Kier alpha value is -2.40. The smallest absolute Gasteiger partial charge is 0.255 e. The van der Waals surface area contributed by atoms with Gasteiger partial charge < -0.3 is 15.9 Å². The molecule has 2 rings (SSSR count). The Balaban J connectivity index is 0.00000162. The Morgan fingerprint density at radius 1 is 1.17 bits per heavy atom. The summed E-state index contributed by atoms with van der Waals surface area (Å²) in [5.74, 6) is -0.334. The van der Waals surface area contributed by atoms with Crippen molar-refractivity contribution in [3.8, 4) is 5.75 Å². The Morgan fingerprint density at radius 3 is 2.56 bits per heavy atom. The lowest BCUT2D eigenvalue weighted by molar-refractivity contribution is 0.0948. The zero-order valence-electron chi connectivity index (χ0n) is 9.63. The molecule has 0 unspecified atom stereocenters. The number of hydrogen-bond donors (Lipinski definition) is 2. The molecule has 0 saturated carbocycles. The summed E-state index contributed by atoms with van der Waals surface area (Å²) in [6.07, 6.45) is 1.67. The number of aromatic nitrogens is 1. The molecule has 18 heavy (non-hydrogen) atoms. The molecule has 1 aromatic heterocycles. The predicted octanol–water partition coefficient (Wildman–Crippen LogP) is 0.893. The van der Waals surface area contributed by atoms with Crippen molar-refractivity contribution < 1.29 is 15.4 Å². The van der Waals surface area contributed by atoms with Gasteiger partial charge in [-0.1, -0.05) is 18.2 Å². The third kappa shape index (κ3) is 3.29. The molecule has 1 aromatic carbocycles. The summed E-state index contributed by atoms with van der Waals surface area (Å²) in [7, 11) is 0. The fourth-order valence-electron chi connectivity index (χ4n) is 1.43. The number of para-hydroxylation sites is 1. The topological polar surface area (TPSA) is 93.7 Å². The number of nitrogens with one attached hydrogen (secondary N) is 1. The van der Waals surface area contributed by atoms with Crippen LogP contribution in [0.5, 0.6) is 5.75 Å². The van der Waals surface area contributed by atoms with Gasteiger partial charge in [0, 0.05) is 6.20 Å². The van der Waals surface area contributed by atoms with Crippen LogP contribution in [-0.2, 0) is 6.54 Å². The fourth-order valence-corrected chi connectivity index (χ4v) is 1.43. The third-order valence-corrected chi connectivity index (χ3v) is 2.30. The molecule has 5 nitrogen and oxygen atoms in total. The Morgan fingerprint density at radius 2 is 1.89 bits per heavy atom. The summed E-state index contributed by atoms with van der Waals surface area (Å²) in [6.45, 7) is 0.341. The molecular weight excluding hydrogens is 232 g/mol. The van der Waals surface area contributed by atoms with Crippen LogP contribution in [0.1, 0.15) is 16.1 Å². The van der Waals surface area contributed by atoms with E-state index in [-0.39, 0.29) is 22.7 Å². The van der Waals surface area contributed by atoms with E-state index in [9.17, 15) is 9.90 Å². The number of nitrogens with zero attached hydrogens (tertiary/aromatic N) is 1. The molecule has 0 saturated heterocycles. The molecule has 2 aromatic rings. The van der Waals surface area contributed by atoms with Crippen LogP contribution >= 0.6 is 0 Å². The number of phenolic OH excluding ortho intramolecular Hbond substituents is 1. The van der Waals surface area contributed by atoms with Crippen LogP contribution in [0, 0.1) is 0 Å². The van der Waals surface area contributed by atoms with E-state index in [0.29, 0.717) is 6.54 Å². The van der Waals surface area contributed by atoms with Gasteiger partial charge in [-0.3, -0.25) is 9.78 Å². The maximum atomic E-state index is 11.7. The second kappa shape index (κ2) is 6.36. The van der Waals surface area contributed by atoms with Gasteiger partial charge in [0.2, 0.25) is 0 Å². The maximum Gasteiger partial charge on any atom is 0.255 e. The van der Waals surface area contributed by atoms with Crippen LogP contribution in [-0.4, -0.2) is 21.5 Å². The summed E-state index contributed by atoms with van der Waals surface area (Å²) >= 11 is 0. The van der Waals surface area contributed by atoms with E-state index in [0.717, 1.165) is 5.69 Å². The van der Waals surface area contributed by atoms with Crippen molar-refractivity contribution in [3.05, 3.63) is 59.9 Å². The van der Waals surface area contributed by atoms with Crippen LogP contribution in [0.25, 0.3) is 0 Å². The van der Waals surface area contributed by atoms with Crippen molar-refractivity contribution in [3.63, 3.8) is 0 Å². The molecule has 5 heteroatoms. The molecule has 4 N–H and O–H groups in total. The lowest BCUT2D eigenvalue weighted by atomic mass is 10.2. The van der Waals surface area contributed by atoms with Crippen LogP contribution < -0.4 is 5.32 Å². The molecule has 1 amide bonds. The van der Waals surface area contributed by atoms with Gasteiger partial charge in [-0.15, -0.1) is 0 Å². The molecule has 0 aliphatic rings. The van der Waals surface area contributed by atoms with E-state index in [2.05, 4.69) is 10.3 Å². The van der Waals surface area contributed by atoms with Crippen LogP contribution in [0.2, 0.25) is 0 Å². The lowest BCUT2D eigenvalue weighted by Crippen LogP contribution is -2.23. The van der Waals surface area contributed by atoms with Gasteiger partial charge in [-0.05, 0) is 24.3 Å². The minimum Gasteiger partial charge on any atom is -0.507 e. The van der Waals surface area contributed by atoms with E-state index >= 15 is 0 Å². The number of pyridine rings is 1. The van der Waals surface area contributed by atoms with Crippen molar-refractivity contribution in [2.75, 3.05) is 0 Å². The number of hydrogen-bond acceptors (Lipinski definition) is 3. The average molecular weight is 246 g/mol. The SMILES string of the molecule is O.O=C(NCc1ccccn1)c1ccccc1O.